The van der Waals surface area contributed by atoms with E-state index in [1.807, 2.05) is 39.8 Å². The van der Waals surface area contributed by atoms with Gasteiger partial charge in [0.05, 0.1) is 0 Å². The highest BCUT2D eigenvalue weighted by molar-refractivity contribution is 6.30. The van der Waals surface area contributed by atoms with Gasteiger partial charge in [0.2, 0.25) is 5.88 Å². The summed E-state index contributed by atoms with van der Waals surface area (Å²) in [5, 5.41) is 0.450. The van der Waals surface area contributed by atoms with Crippen LogP contribution in [0.1, 0.15) is 29.4 Å². The Hall–Kier alpha value is -1.61. The van der Waals surface area contributed by atoms with Crippen molar-refractivity contribution in [3.63, 3.8) is 0 Å². The molecule has 1 aromatic carbocycles. The van der Waals surface area contributed by atoms with Crippen molar-refractivity contribution in [1.29, 1.82) is 0 Å². The zero-order chi connectivity index (χ0) is 14.0. The van der Waals surface area contributed by atoms with Gasteiger partial charge in [0.25, 0.3) is 0 Å². The molecule has 100 valence electrons. The molecule has 1 heterocycles. The van der Waals surface area contributed by atoms with Crippen molar-refractivity contribution in [2.75, 3.05) is 0 Å². The molecule has 0 radical (unpaired) electrons. The lowest BCUT2D eigenvalue weighted by Gasteiger charge is -2.11. The summed E-state index contributed by atoms with van der Waals surface area (Å²) in [4.78, 5) is 8.59. The summed E-state index contributed by atoms with van der Waals surface area (Å²) in [5.41, 5.74) is 3.07. The molecule has 0 unspecified atom stereocenters. The van der Waals surface area contributed by atoms with Gasteiger partial charge >= 0.3 is 0 Å². The van der Waals surface area contributed by atoms with E-state index in [9.17, 15) is 0 Å². The second-order valence-corrected chi connectivity index (χ2v) is 5.00. The fourth-order valence-corrected chi connectivity index (χ4v) is 2.05. The van der Waals surface area contributed by atoms with Gasteiger partial charge in [-0.05, 0) is 44.0 Å². The van der Waals surface area contributed by atoms with Crippen molar-refractivity contribution in [2.24, 2.45) is 0 Å². The molecule has 1 aromatic heterocycles. The van der Waals surface area contributed by atoms with Crippen LogP contribution in [0.4, 0.5) is 0 Å². The predicted octanol–water partition coefficient (Wildman–Crippen LogP) is 4.41. The van der Waals surface area contributed by atoms with Crippen LogP contribution in [0.2, 0.25) is 5.15 Å². The lowest BCUT2D eigenvalue weighted by Crippen LogP contribution is -2.00. The first-order valence-electron chi connectivity index (χ1n) is 6.28. The van der Waals surface area contributed by atoms with Crippen LogP contribution >= 0.6 is 11.6 Å². The first-order chi connectivity index (χ1) is 8.99. The average Bonchev–Trinajstić information content (AvgIpc) is 2.33. The highest BCUT2D eigenvalue weighted by Gasteiger charge is 2.11. The average molecular weight is 277 g/mol. The van der Waals surface area contributed by atoms with Crippen LogP contribution in [0.3, 0.4) is 0 Å². The molecule has 0 aliphatic rings. The number of hydrogen-bond donors (Lipinski definition) is 0. The van der Waals surface area contributed by atoms with Gasteiger partial charge in [-0.3, -0.25) is 0 Å². The van der Waals surface area contributed by atoms with Crippen LogP contribution < -0.4 is 4.74 Å². The predicted molar refractivity (Wildman–Crippen MR) is 77.1 cm³/mol. The smallest absolute Gasteiger partial charge is 0.226 e. The number of hydrogen-bond acceptors (Lipinski definition) is 3. The van der Waals surface area contributed by atoms with Crippen LogP contribution in [-0.4, -0.2) is 9.97 Å². The molecule has 0 bridgehead atoms. The molecule has 3 nitrogen and oxygen atoms in total. The Morgan fingerprint density at radius 3 is 2.26 bits per heavy atom. The summed E-state index contributed by atoms with van der Waals surface area (Å²) in [6.07, 6.45) is 0.725. The Labute approximate surface area is 118 Å². The fraction of sp³-hybridized carbons (Fsp3) is 0.333. The number of ether oxygens (including phenoxy) is 1. The van der Waals surface area contributed by atoms with Gasteiger partial charge in [0.15, 0.2) is 0 Å². The molecule has 0 atom stereocenters. The molecule has 0 amide bonds. The maximum atomic E-state index is 6.10. The summed E-state index contributed by atoms with van der Waals surface area (Å²) in [7, 11) is 0. The Kier molecular flexibility index (Phi) is 4.05. The van der Waals surface area contributed by atoms with E-state index in [-0.39, 0.29) is 0 Å². The molecule has 2 aromatic rings. The molecule has 0 fully saturated rings. The molecular formula is C15H17ClN2O. The maximum Gasteiger partial charge on any atom is 0.226 e. The fourth-order valence-electron chi connectivity index (χ4n) is 1.87. The minimum atomic E-state index is 0.450. The van der Waals surface area contributed by atoms with E-state index in [0.29, 0.717) is 16.9 Å². The molecule has 0 N–H and O–H groups in total. The molecule has 0 aliphatic carbocycles. The van der Waals surface area contributed by atoms with Crippen molar-refractivity contribution in [1.82, 2.24) is 9.97 Å². The SMILES string of the molecule is CCc1nc(Cl)c(C)c(Oc2cc(C)cc(C)c2)n1. The number of rotatable bonds is 3. The molecule has 0 saturated carbocycles. The van der Waals surface area contributed by atoms with E-state index in [0.717, 1.165) is 28.9 Å². The van der Waals surface area contributed by atoms with Gasteiger partial charge < -0.3 is 4.74 Å². The van der Waals surface area contributed by atoms with E-state index in [1.54, 1.807) is 0 Å². The highest BCUT2D eigenvalue weighted by Crippen LogP contribution is 2.28. The number of aromatic nitrogens is 2. The van der Waals surface area contributed by atoms with Gasteiger partial charge in [-0.1, -0.05) is 24.6 Å². The van der Waals surface area contributed by atoms with Crippen LogP contribution in [0.15, 0.2) is 18.2 Å². The molecule has 4 heteroatoms. The quantitative estimate of drug-likeness (QED) is 0.779. The van der Waals surface area contributed by atoms with Crippen molar-refractivity contribution >= 4 is 11.6 Å². The molecule has 0 aliphatic heterocycles. The Morgan fingerprint density at radius 2 is 1.68 bits per heavy atom. The zero-order valence-electron chi connectivity index (χ0n) is 11.6. The van der Waals surface area contributed by atoms with Crippen molar-refractivity contribution in [2.45, 2.75) is 34.1 Å². The number of halogens is 1. The lowest BCUT2D eigenvalue weighted by atomic mass is 10.1. The molecular weight excluding hydrogens is 260 g/mol. The first-order valence-corrected chi connectivity index (χ1v) is 6.66. The largest absolute Gasteiger partial charge is 0.439 e. The second-order valence-electron chi connectivity index (χ2n) is 4.64. The van der Waals surface area contributed by atoms with E-state index < -0.39 is 0 Å². The molecule has 19 heavy (non-hydrogen) atoms. The van der Waals surface area contributed by atoms with Gasteiger partial charge in [0, 0.05) is 12.0 Å². The molecule has 0 spiro atoms. The number of nitrogens with zero attached hydrogens (tertiary/aromatic N) is 2. The third-order valence-corrected chi connectivity index (χ3v) is 3.18. The minimum Gasteiger partial charge on any atom is -0.439 e. The van der Waals surface area contributed by atoms with E-state index in [4.69, 9.17) is 16.3 Å². The number of benzene rings is 1. The van der Waals surface area contributed by atoms with E-state index >= 15 is 0 Å². The van der Waals surface area contributed by atoms with Crippen LogP contribution in [0, 0.1) is 20.8 Å². The summed E-state index contributed by atoms with van der Waals surface area (Å²) in [5.74, 6) is 1.99. The summed E-state index contributed by atoms with van der Waals surface area (Å²) < 4.78 is 5.86. The van der Waals surface area contributed by atoms with Gasteiger partial charge in [0.1, 0.15) is 16.7 Å². The normalized spacial score (nSPS) is 10.6. The van der Waals surface area contributed by atoms with E-state index in [1.165, 1.54) is 0 Å². The van der Waals surface area contributed by atoms with Crippen molar-refractivity contribution in [3.05, 3.63) is 45.9 Å². The van der Waals surface area contributed by atoms with E-state index in [2.05, 4.69) is 16.0 Å². The second kappa shape index (κ2) is 5.57. The standard InChI is InChI=1S/C15H17ClN2O/c1-5-13-17-14(16)11(4)15(18-13)19-12-7-9(2)6-10(3)8-12/h6-8H,5H2,1-4H3. The third kappa shape index (κ3) is 3.24. The topological polar surface area (TPSA) is 35.0 Å². The van der Waals surface area contributed by atoms with Gasteiger partial charge in [-0.15, -0.1) is 0 Å². The lowest BCUT2D eigenvalue weighted by molar-refractivity contribution is 0.454. The van der Waals surface area contributed by atoms with Crippen molar-refractivity contribution in [3.8, 4) is 11.6 Å². The zero-order valence-corrected chi connectivity index (χ0v) is 12.4. The Balaban J connectivity index is 2.39. The molecule has 0 saturated heterocycles. The van der Waals surface area contributed by atoms with Crippen molar-refractivity contribution < 1.29 is 4.74 Å². The Bertz CT molecular complexity index is 591. The number of aryl methyl sites for hydroxylation is 3. The first kappa shape index (κ1) is 13.8. The van der Waals surface area contributed by atoms with Gasteiger partial charge in [-0.2, -0.15) is 4.98 Å². The van der Waals surface area contributed by atoms with Crippen LogP contribution in [0.25, 0.3) is 0 Å². The van der Waals surface area contributed by atoms with Crippen LogP contribution in [0.5, 0.6) is 11.6 Å². The van der Waals surface area contributed by atoms with Gasteiger partial charge in [-0.25, -0.2) is 4.98 Å². The Morgan fingerprint density at radius 1 is 1.05 bits per heavy atom. The summed E-state index contributed by atoms with van der Waals surface area (Å²) in [6, 6.07) is 6.06. The third-order valence-electron chi connectivity index (χ3n) is 2.81. The monoisotopic (exact) mass is 276 g/mol. The summed E-state index contributed by atoms with van der Waals surface area (Å²) in [6.45, 7) is 7.93. The molecule has 2 rings (SSSR count). The minimum absolute atomic E-state index is 0.450. The summed E-state index contributed by atoms with van der Waals surface area (Å²) >= 11 is 6.10. The van der Waals surface area contributed by atoms with Crippen LogP contribution in [-0.2, 0) is 6.42 Å². The highest BCUT2D eigenvalue weighted by atomic mass is 35.5. The maximum absolute atomic E-state index is 6.10.